The molecule has 2 N–H and O–H groups in total. The summed E-state index contributed by atoms with van der Waals surface area (Å²) >= 11 is 0. The molecule has 0 radical (unpaired) electrons. The van der Waals surface area contributed by atoms with Gasteiger partial charge in [-0.2, -0.15) is 0 Å². The number of nitrogen functional groups attached to an aromatic ring is 1. The second kappa shape index (κ2) is 4.29. The third-order valence-corrected chi connectivity index (χ3v) is 2.50. The first-order valence-corrected chi connectivity index (χ1v) is 5.21. The molecule has 0 fully saturated rings. The van der Waals surface area contributed by atoms with Gasteiger partial charge in [0.1, 0.15) is 11.4 Å². The van der Waals surface area contributed by atoms with Gasteiger partial charge in [-0.05, 0) is 12.1 Å². The summed E-state index contributed by atoms with van der Waals surface area (Å²) in [6, 6.07) is 5.89. The van der Waals surface area contributed by atoms with E-state index in [1.54, 1.807) is 6.07 Å². The van der Waals surface area contributed by atoms with Crippen LogP contribution in [0.1, 0.15) is 12.5 Å². The zero-order valence-corrected chi connectivity index (χ0v) is 9.91. The molecule has 0 aliphatic rings. The summed E-state index contributed by atoms with van der Waals surface area (Å²) in [6.07, 6.45) is 0. The van der Waals surface area contributed by atoms with Crippen molar-refractivity contribution in [1.29, 1.82) is 0 Å². The Labute approximate surface area is 102 Å². The molecule has 1 aromatic carbocycles. The van der Waals surface area contributed by atoms with Gasteiger partial charge in [0.25, 0.3) is 5.92 Å². The minimum atomic E-state index is -3.00. The number of nitrogens with two attached hydrogens (primary N) is 1. The van der Waals surface area contributed by atoms with E-state index in [1.807, 2.05) is 0 Å². The number of ether oxygens (including phenoxy) is 1. The fourth-order valence-corrected chi connectivity index (χ4v) is 1.72. The van der Waals surface area contributed by atoms with Crippen LogP contribution in [0.15, 0.2) is 28.8 Å². The SMILES string of the molecule is COc1c(-c2cc(N)on2)cccc1C(C)(F)F. The van der Waals surface area contributed by atoms with Crippen LogP contribution in [0.5, 0.6) is 5.75 Å². The zero-order chi connectivity index (χ0) is 13.3. The van der Waals surface area contributed by atoms with Crippen LogP contribution in [0.3, 0.4) is 0 Å². The number of benzene rings is 1. The molecular formula is C12H12F2N2O2. The highest BCUT2D eigenvalue weighted by Gasteiger charge is 2.30. The largest absolute Gasteiger partial charge is 0.496 e. The van der Waals surface area contributed by atoms with E-state index in [0.29, 0.717) is 11.3 Å². The van der Waals surface area contributed by atoms with Crippen LogP contribution in [0.2, 0.25) is 0 Å². The highest BCUT2D eigenvalue weighted by Crippen LogP contribution is 2.40. The third kappa shape index (κ3) is 2.13. The molecule has 4 nitrogen and oxygen atoms in total. The fraction of sp³-hybridized carbons (Fsp3) is 0.250. The molecule has 0 saturated heterocycles. The van der Waals surface area contributed by atoms with Crippen LogP contribution in [-0.4, -0.2) is 12.3 Å². The van der Waals surface area contributed by atoms with Gasteiger partial charge in [0.05, 0.1) is 12.7 Å². The van der Waals surface area contributed by atoms with Crippen molar-refractivity contribution >= 4 is 5.88 Å². The summed E-state index contributed by atoms with van der Waals surface area (Å²) in [5.74, 6) is -2.82. The minimum Gasteiger partial charge on any atom is -0.496 e. The van der Waals surface area contributed by atoms with Crippen LogP contribution in [0.25, 0.3) is 11.3 Å². The molecule has 2 aromatic rings. The number of anilines is 1. The van der Waals surface area contributed by atoms with Crippen molar-refractivity contribution in [2.45, 2.75) is 12.8 Å². The topological polar surface area (TPSA) is 61.3 Å². The number of rotatable bonds is 3. The van der Waals surface area contributed by atoms with E-state index < -0.39 is 5.92 Å². The van der Waals surface area contributed by atoms with Crippen LogP contribution in [0, 0.1) is 0 Å². The number of methoxy groups -OCH3 is 1. The average molecular weight is 254 g/mol. The predicted molar refractivity (Wildman–Crippen MR) is 62.5 cm³/mol. The molecule has 2 rings (SSSR count). The Kier molecular flexibility index (Phi) is 2.94. The number of hydrogen-bond donors (Lipinski definition) is 1. The summed E-state index contributed by atoms with van der Waals surface area (Å²) < 4.78 is 36.7. The van der Waals surface area contributed by atoms with Gasteiger partial charge in [0.2, 0.25) is 5.88 Å². The molecular weight excluding hydrogens is 242 g/mol. The smallest absolute Gasteiger partial charge is 0.274 e. The number of alkyl halides is 2. The third-order valence-electron chi connectivity index (χ3n) is 2.50. The van der Waals surface area contributed by atoms with Crippen molar-refractivity contribution in [2.24, 2.45) is 0 Å². The van der Waals surface area contributed by atoms with E-state index in [4.69, 9.17) is 15.0 Å². The molecule has 0 aliphatic heterocycles. The molecule has 0 atom stereocenters. The van der Waals surface area contributed by atoms with E-state index in [-0.39, 0.29) is 17.2 Å². The van der Waals surface area contributed by atoms with E-state index in [1.165, 1.54) is 25.3 Å². The molecule has 18 heavy (non-hydrogen) atoms. The zero-order valence-electron chi connectivity index (χ0n) is 9.91. The predicted octanol–water partition coefficient (Wildman–Crippen LogP) is 3.04. The van der Waals surface area contributed by atoms with Crippen molar-refractivity contribution in [2.75, 3.05) is 12.8 Å². The van der Waals surface area contributed by atoms with Crippen LogP contribution >= 0.6 is 0 Å². The monoisotopic (exact) mass is 254 g/mol. The second-order valence-electron chi connectivity index (χ2n) is 3.89. The van der Waals surface area contributed by atoms with E-state index >= 15 is 0 Å². The number of para-hydroxylation sites is 1. The first-order valence-electron chi connectivity index (χ1n) is 5.21. The highest BCUT2D eigenvalue weighted by atomic mass is 19.3. The lowest BCUT2D eigenvalue weighted by atomic mass is 10.0. The molecule has 0 amide bonds. The Balaban J connectivity index is 2.62. The van der Waals surface area contributed by atoms with Crippen molar-refractivity contribution < 1.29 is 18.0 Å². The molecule has 6 heteroatoms. The van der Waals surface area contributed by atoms with Crippen molar-refractivity contribution in [3.8, 4) is 17.0 Å². The van der Waals surface area contributed by atoms with Gasteiger partial charge < -0.3 is 15.0 Å². The molecule has 96 valence electrons. The first-order chi connectivity index (χ1) is 8.43. The molecule has 0 saturated carbocycles. The Morgan fingerprint density at radius 1 is 1.39 bits per heavy atom. The van der Waals surface area contributed by atoms with Gasteiger partial charge in [0.15, 0.2) is 0 Å². The summed E-state index contributed by atoms with van der Waals surface area (Å²) in [6.45, 7) is 0.811. The molecule has 0 bridgehead atoms. The van der Waals surface area contributed by atoms with E-state index in [2.05, 4.69) is 5.16 Å². The van der Waals surface area contributed by atoms with Crippen molar-refractivity contribution in [3.05, 3.63) is 29.8 Å². The maximum absolute atomic E-state index is 13.5. The second-order valence-corrected chi connectivity index (χ2v) is 3.89. The van der Waals surface area contributed by atoms with Gasteiger partial charge in [-0.25, -0.2) is 8.78 Å². The Morgan fingerprint density at radius 2 is 2.11 bits per heavy atom. The quantitative estimate of drug-likeness (QED) is 0.914. The average Bonchev–Trinajstić information content (AvgIpc) is 2.73. The van der Waals surface area contributed by atoms with Crippen LogP contribution in [-0.2, 0) is 5.92 Å². The van der Waals surface area contributed by atoms with Crippen molar-refractivity contribution in [1.82, 2.24) is 5.16 Å². The number of hydrogen-bond acceptors (Lipinski definition) is 4. The van der Waals surface area contributed by atoms with Gasteiger partial charge in [0, 0.05) is 18.6 Å². The number of halogens is 2. The Hall–Kier alpha value is -2.11. The van der Waals surface area contributed by atoms with E-state index in [9.17, 15) is 8.78 Å². The maximum atomic E-state index is 13.5. The van der Waals surface area contributed by atoms with Gasteiger partial charge in [-0.15, -0.1) is 0 Å². The number of aromatic nitrogens is 1. The standard InChI is InChI=1S/C12H12F2N2O2/c1-12(13,14)8-5-3-4-7(11(8)17-2)9-6-10(15)18-16-9/h3-6H,15H2,1-2H3. The van der Waals surface area contributed by atoms with Gasteiger partial charge in [-0.3, -0.25) is 0 Å². The summed E-state index contributed by atoms with van der Waals surface area (Å²) in [5, 5.41) is 3.69. The molecule has 1 heterocycles. The molecule has 0 aliphatic carbocycles. The lowest BCUT2D eigenvalue weighted by molar-refractivity contribution is 0.0151. The molecule has 0 unspecified atom stereocenters. The van der Waals surface area contributed by atoms with Crippen LogP contribution < -0.4 is 10.5 Å². The number of nitrogens with zero attached hydrogens (tertiary/aromatic N) is 1. The summed E-state index contributed by atoms with van der Waals surface area (Å²) in [5.41, 5.74) is 5.98. The molecule has 0 spiro atoms. The summed E-state index contributed by atoms with van der Waals surface area (Å²) in [7, 11) is 1.33. The lowest BCUT2D eigenvalue weighted by Gasteiger charge is -2.16. The van der Waals surface area contributed by atoms with E-state index in [0.717, 1.165) is 6.92 Å². The summed E-state index contributed by atoms with van der Waals surface area (Å²) in [4.78, 5) is 0. The lowest BCUT2D eigenvalue weighted by Crippen LogP contribution is -2.09. The van der Waals surface area contributed by atoms with Gasteiger partial charge in [-0.1, -0.05) is 11.2 Å². The first kappa shape index (κ1) is 12.3. The van der Waals surface area contributed by atoms with Crippen LogP contribution in [0.4, 0.5) is 14.7 Å². The Morgan fingerprint density at radius 3 is 2.61 bits per heavy atom. The minimum absolute atomic E-state index is 0.0679. The maximum Gasteiger partial charge on any atom is 0.274 e. The normalized spacial score (nSPS) is 11.6. The molecule has 1 aromatic heterocycles. The fourth-order valence-electron chi connectivity index (χ4n) is 1.72. The highest BCUT2D eigenvalue weighted by molar-refractivity contribution is 5.70. The van der Waals surface area contributed by atoms with Crippen molar-refractivity contribution in [3.63, 3.8) is 0 Å². The Bertz CT molecular complexity index is 561. The van der Waals surface area contributed by atoms with Gasteiger partial charge >= 0.3 is 0 Å².